The van der Waals surface area contributed by atoms with Gasteiger partial charge in [0.1, 0.15) is 5.75 Å². The molecule has 4 heteroatoms. The van der Waals surface area contributed by atoms with Gasteiger partial charge >= 0.3 is 0 Å². The summed E-state index contributed by atoms with van der Waals surface area (Å²) < 4.78 is 6.07. The van der Waals surface area contributed by atoms with Crippen molar-refractivity contribution < 1.29 is 4.74 Å². The molecule has 0 N–H and O–H groups in total. The normalized spacial score (nSPS) is 14.3. The number of ether oxygens (including phenoxy) is 1. The fourth-order valence-electron chi connectivity index (χ4n) is 8.41. The molecule has 2 heterocycles. The number of pyridine rings is 1. The second-order valence-electron chi connectivity index (χ2n) is 12.3. The average molecular weight is 626 g/mol. The van der Waals surface area contributed by atoms with Crippen LogP contribution in [0.5, 0.6) is 5.75 Å². The van der Waals surface area contributed by atoms with Crippen molar-refractivity contribution >= 4 is 57.2 Å². The van der Waals surface area contributed by atoms with Gasteiger partial charge in [-0.25, -0.2) is 0 Å². The molecule has 0 saturated heterocycles. The minimum atomic E-state index is -3.00. The molecule has 0 fully saturated rings. The molecule has 8 rings (SSSR count). The zero-order valence-corrected chi connectivity index (χ0v) is 28.4. The molecular formula is C42H35NOSi2. The molecule has 7 aromatic rings. The maximum absolute atomic E-state index is 6.07. The van der Waals surface area contributed by atoms with Crippen LogP contribution in [-0.2, 0) is 0 Å². The van der Waals surface area contributed by atoms with Gasteiger partial charge in [0.05, 0.1) is 12.6 Å². The molecule has 222 valence electrons. The first-order valence-electron chi connectivity index (χ1n) is 15.9. The summed E-state index contributed by atoms with van der Waals surface area (Å²) in [5, 5.41) is 9.84. The third kappa shape index (κ3) is 3.84. The number of fused-ring (bicyclic) bond motifs is 5. The predicted octanol–water partition coefficient (Wildman–Crippen LogP) is 5.56. The standard InChI is InChI=1S/C42H35NOSi2/c1-30-27-39-37(29-38(30)44-3)41-36-25-16-26-43-42(36)31(2)28-40(41)46(34-21-12-6-13-22-34,35-23-14-7-15-24-35)45(39,32-17-8-4-9-18-32)33-19-10-5-11-20-33/h4-29H,1-3H3. The Bertz CT molecular complexity index is 2120. The maximum atomic E-state index is 6.07. The van der Waals surface area contributed by atoms with Gasteiger partial charge in [-0.15, -0.1) is 0 Å². The SMILES string of the molecule is COc1cc2c(cc1C)[Si](c1ccccc1)(c1ccccc1)[Si](c1ccccc1)(c1ccccc1)c1cc(C)c3ncccc3c1-2. The molecule has 46 heavy (non-hydrogen) atoms. The second-order valence-corrected chi connectivity index (χ2v) is 23.2. The van der Waals surface area contributed by atoms with Gasteiger partial charge in [0.25, 0.3) is 0 Å². The highest BCUT2D eigenvalue weighted by Gasteiger charge is 2.65. The van der Waals surface area contributed by atoms with E-state index >= 15 is 0 Å². The highest BCUT2D eigenvalue weighted by Crippen LogP contribution is 2.40. The van der Waals surface area contributed by atoms with Crippen LogP contribution in [0, 0.1) is 13.8 Å². The molecule has 0 saturated carbocycles. The van der Waals surface area contributed by atoms with Crippen molar-refractivity contribution in [3.8, 4) is 16.9 Å². The van der Waals surface area contributed by atoms with Crippen LogP contribution in [0.25, 0.3) is 22.0 Å². The van der Waals surface area contributed by atoms with E-state index in [1.165, 1.54) is 53.2 Å². The highest BCUT2D eigenvalue weighted by molar-refractivity contribution is 7.68. The van der Waals surface area contributed by atoms with Crippen molar-refractivity contribution in [1.29, 1.82) is 0 Å². The lowest BCUT2D eigenvalue weighted by molar-refractivity contribution is 0.412. The minimum absolute atomic E-state index is 0.917. The number of methoxy groups -OCH3 is 1. The number of rotatable bonds is 5. The Labute approximate surface area is 272 Å². The molecule has 1 aromatic heterocycles. The topological polar surface area (TPSA) is 22.1 Å². The summed E-state index contributed by atoms with van der Waals surface area (Å²) in [6, 6.07) is 57.6. The van der Waals surface area contributed by atoms with Crippen LogP contribution >= 0.6 is 0 Å². The van der Waals surface area contributed by atoms with E-state index < -0.39 is 15.2 Å². The lowest BCUT2D eigenvalue weighted by atomic mass is 9.96. The van der Waals surface area contributed by atoms with Gasteiger partial charge in [-0.2, -0.15) is 0 Å². The number of benzene rings is 6. The molecule has 0 atom stereocenters. The van der Waals surface area contributed by atoms with E-state index in [1.807, 2.05) is 6.20 Å². The first-order chi connectivity index (χ1) is 22.6. The van der Waals surface area contributed by atoms with Crippen LogP contribution in [0.4, 0.5) is 0 Å². The van der Waals surface area contributed by atoms with Gasteiger partial charge in [-0.3, -0.25) is 4.98 Å². The maximum Gasteiger partial charge on any atom is 0.155 e. The van der Waals surface area contributed by atoms with Gasteiger partial charge in [0.15, 0.2) is 15.2 Å². The van der Waals surface area contributed by atoms with Crippen LogP contribution in [0.15, 0.2) is 158 Å². The van der Waals surface area contributed by atoms with E-state index in [4.69, 9.17) is 9.72 Å². The van der Waals surface area contributed by atoms with Gasteiger partial charge < -0.3 is 4.74 Å². The molecule has 1 aliphatic heterocycles. The smallest absolute Gasteiger partial charge is 0.155 e. The zero-order valence-electron chi connectivity index (χ0n) is 26.4. The van der Waals surface area contributed by atoms with Crippen LogP contribution in [0.1, 0.15) is 11.1 Å². The van der Waals surface area contributed by atoms with Crippen LogP contribution in [0.3, 0.4) is 0 Å². The first kappa shape index (κ1) is 28.4. The Morgan fingerprint density at radius 1 is 0.500 bits per heavy atom. The summed E-state index contributed by atoms with van der Waals surface area (Å²) in [5.41, 5.74) is 6.00. The molecule has 0 spiro atoms. The van der Waals surface area contributed by atoms with E-state index in [-0.39, 0.29) is 0 Å². The summed E-state index contributed by atoms with van der Waals surface area (Å²) in [4.78, 5) is 4.96. The van der Waals surface area contributed by atoms with Crippen molar-refractivity contribution in [3.05, 3.63) is 169 Å². The summed E-state index contributed by atoms with van der Waals surface area (Å²) in [6.45, 7) is 4.44. The van der Waals surface area contributed by atoms with Gasteiger partial charge in [-0.1, -0.05) is 160 Å². The number of hydrogen-bond donors (Lipinski definition) is 0. The molecular weight excluding hydrogens is 591 g/mol. The van der Waals surface area contributed by atoms with Crippen LogP contribution < -0.4 is 35.9 Å². The highest BCUT2D eigenvalue weighted by atomic mass is 29.3. The molecule has 0 radical (unpaired) electrons. The Balaban J connectivity index is 1.75. The fraction of sp³-hybridized carbons (Fsp3) is 0.0714. The lowest BCUT2D eigenvalue weighted by Gasteiger charge is -2.54. The number of hydrogen-bond acceptors (Lipinski definition) is 2. The average Bonchev–Trinajstić information content (AvgIpc) is 3.12. The van der Waals surface area contributed by atoms with Crippen molar-refractivity contribution in [3.63, 3.8) is 0 Å². The van der Waals surface area contributed by atoms with Gasteiger partial charge in [0, 0.05) is 11.6 Å². The van der Waals surface area contributed by atoms with Gasteiger partial charge in [0.2, 0.25) is 0 Å². The Morgan fingerprint density at radius 3 is 1.43 bits per heavy atom. The molecule has 2 nitrogen and oxygen atoms in total. The molecule has 0 amide bonds. The molecule has 0 bridgehead atoms. The summed E-state index contributed by atoms with van der Waals surface area (Å²) in [5.74, 6) is 0.917. The van der Waals surface area contributed by atoms with Crippen LogP contribution in [0.2, 0.25) is 0 Å². The van der Waals surface area contributed by atoms with E-state index in [2.05, 4.69) is 166 Å². The summed E-state index contributed by atoms with van der Waals surface area (Å²) in [6.07, 6.45) is 1.92. The van der Waals surface area contributed by atoms with E-state index in [0.717, 1.165) is 16.8 Å². The third-order valence-corrected chi connectivity index (χ3v) is 26.9. The van der Waals surface area contributed by atoms with E-state index in [0.29, 0.717) is 0 Å². The largest absolute Gasteiger partial charge is 0.496 e. The first-order valence-corrected chi connectivity index (χ1v) is 20.9. The molecule has 1 aliphatic rings. The number of aromatic nitrogens is 1. The Kier molecular flexibility index (Phi) is 6.86. The Hall–Kier alpha value is -5.04. The van der Waals surface area contributed by atoms with Gasteiger partial charge in [-0.05, 0) is 58.6 Å². The lowest BCUT2D eigenvalue weighted by Crippen LogP contribution is -2.95. The number of aryl methyl sites for hydroxylation is 2. The monoisotopic (exact) mass is 625 g/mol. The number of nitrogens with zero attached hydrogens (tertiary/aromatic N) is 1. The summed E-state index contributed by atoms with van der Waals surface area (Å²) >= 11 is 0. The van der Waals surface area contributed by atoms with Crippen LogP contribution in [-0.4, -0.2) is 27.3 Å². The minimum Gasteiger partial charge on any atom is -0.496 e. The van der Waals surface area contributed by atoms with E-state index in [9.17, 15) is 0 Å². The van der Waals surface area contributed by atoms with Crippen molar-refractivity contribution in [2.24, 2.45) is 0 Å². The second kappa shape index (κ2) is 11.1. The predicted molar refractivity (Wildman–Crippen MR) is 198 cm³/mol. The zero-order chi connectivity index (χ0) is 31.3. The fourth-order valence-corrected chi connectivity index (χ4v) is 28.6. The van der Waals surface area contributed by atoms with E-state index in [1.54, 1.807) is 7.11 Å². The van der Waals surface area contributed by atoms with Crippen molar-refractivity contribution in [2.45, 2.75) is 13.8 Å². The quantitative estimate of drug-likeness (QED) is 0.234. The summed E-state index contributed by atoms with van der Waals surface area (Å²) in [7, 11) is -4.19. The van der Waals surface area contributed by atoms with Crippen molar-refractivity contribution in [2.75, 3.05) is 7.11 Å². The Morgan fingerprint density at radius 2 is 0.957 bits per heavy atom. The molecule has 0 unspecified atom stereocenters. The molecule has 6 aromatic carbocycles. The molecule has 0 aliphatic carbocycles. The third-order valence-electron chi connectivity index (χ3n) is 10.1. The van der Waals surface area contributed by atoms with Crippen molar-refractivity contribution in [1.82, 2.24) is 4.98 Å².